The molecule has 1 aromatic carbocycles. The number of anilines is 1. The fraction of sp³-hybridized carbons (Fsp3) is 0.400. The van der Waals surface area contributed by atoms with Gasteiger partial charge in [-0.3, -0.25) is 5.10 Å². The summed E-state index contributed by atoms with van der Waals surface area (Å²) in [5.74, 6) is -0.175. The van der Waals surface area contributed by atoms with Crippen molar-refractivity contribution in [2.24, 2.45) is 0 Å². The first-order valence-electron chi connectivity index (χ1n) is 12.3. The van der Waals surface area contributed by atoms with Crippen LogP contribution in [0.4, 0.5) is 18.9 Å². The molecule has 0 aliphatic heterocycles. The molecule has 4 N–H and O–H groups in total. The lowest BCUT2D eigenvalue weighted by atomic mass is 10.2. The maximum absolute atomic E-state index is 12.6. The van der Waals surface area contributed by atoms with E-state index in [0.29, 0.717) is 49.8 Å². The molecule has 0 unspecified atom stereocenters. The summed E-state index contributed by atoms with van der Waals surface area (Å²) < 4.78 is 57.7. The number of hydrogen-bond acceptors (Lipinski definition) is 10. The van der Waals surface area contributed by atoms with Gasteiger partial charge in [-0.05, 0) is 43.1 Å². The Morgan fingerprint density at radius 1 is 1.00 bits per heavy atom. The molecule has 3 heterocycles. The molecule has 39 heavy (non-hydrogen) atoms. The number of ether oxygens (including phenoxy) is 3. The number of aromatic nitrogens is 4. The van der Waals surface area contributed by atoms with Crippen LogP contribution in [-0.4, -0.2) is 71.3 Å². The second-order valence-electron chi connectivity index (χ2n) is 8.46. The number of aliphatic hydroxyl groups excluding tert-OH is 1. The number of pyridine rings is 1. The van der Waals surface area contributed by atoms with Crippen molar-refractivity contribution in [3.05, 3.63) is 48.5 Å². The smallest absolute Gasteiger partial charge is 0.491 e. The highest BCUT2D eigenvalue weighted by molar-refractivity contribution is 5.91. The molecule has 0 radical (unpaired) electrons. The number of nitrogens with zero attached hydrogens (tertiary/aromatic N) is 3. The van der Waals surface area contributed by atoms with Crippen LogP contribution in [0.25, 0.3) is 22.3 Å². The predicted molar refractivity (Wildman–Crippen MR) is 135 cm³/mol. The summed E-state index contributed by atoms with van der Waals surface area (Å²) in [4.78, 5) is 4.52. The number of hydrogen-bond donors (Lipinski definition) is 4. The van der Waals surface area contributed by atoms with E-state index >= 15 is 0 Å². The first-order valence-corrected chi connectivity index (χ1v) is 12.3. The number of rotatable bonds is 16. The Bertz CT molecular complexity index is 1300. The molecule has 0 saturated carbocycles. The summed E-state index contributed by atoms with van der Waals surface area (Å²) in [5, 5.41) is 27.0. The Morgan fingerprint density at radius 3 is 2.67 bits per heavy atom. The first-order chi connectivity index (χ1) is 18.9. The van der Waals surface area contributed by atoms with Crippen LogP contribution in [-0.2, 0) is 11.3 Å². The third-order valence-electron chi connectivity index (χ3n) is 5.47. The third kappa shape index (κ3) is 8.84. The zero-order valence-electron chi connectivity index (χ0n) is 21.0. The van der Waals surface area contributed by atoms with Gasteiger partial charge in [-0.15, -0.1) is 13.2 Å². The maximum Gasteiger partial charge on any atom is 0.573 e. The summed E-state index contributed by atoms with van der Waals surface area (Å²) in [7, 11) is 0. The number of halogens is 3. The van der Waals surface area contributed by atoms with E-state index in [-0.39, 0.29) is 24.7 Å². The van der Waals surface area contributed by atoms with Gasteiger partial charge in [-0.1, -0.05) is 5.16 Å². The van der Waals surface area contributed by atoms with Crippen molar-refractivity contribution < 1.29 is 37.0 Å². The van der Waals surface area contributed by atoms with Crippen molar-refractivity contribution in [1.29, 1.82) is 0 Å². The molecule has 3 aromatic heterocycles. The number of H-pyrrole nitrogens is 1. The van der Waals surface area contributed by atoms with Gasteiger partial charge in [0, 0.05) is 31.5 Å². The summed E-state index contributed by atoms with van der Waals surface area (Å²) >= 11 is 0. The van der Waals surface area contributed by atoms with Crippen molar-refractivity contribution >= 4 is 16.7 Å². The van der Waals surface area contributed by atoms with E-state index < -0.39 is 6.36 Å². The Labute approximate surface area is 221 Å². The van der Waals surface area contributed by atoms with Gasteiger partial charge in [-0.25, -0.2) is 4.98 Å². The highest BCUT2D eigenvalue weighted by atomic mass is 19.4. The lowest BCUT2D eigenvalue weighted by Crippen LogP contribution is -2.18. The molecule has 0 saturated heterocycles. The fourth-order valence-corrected chi connectivity index (χ4v) is 3.77. The summed E-state index contributed by atoms with van der Waals surface area (Å²) in [6, 6.07) is 5.96. The van der Waals surface area contributed by atoms with Crippen molar-refractivity contribution in [2.75, 3.05) is 44.8 Å². The van der Waals surface area contributed by atoms with Crippen LogP contribution in [0.5, 0.6) is 11.5 Å². The number of aliphatic hydroxyl groups is 1. The highest BCUT2D eigenvalue weighted by Crippen LogP contribution is 2.29. The van der Waals surface area contributed by atoms with Gasteiger partial charge in [0.2, 0.25) is 0 Å². The zero-order chi connectivity index (χ0) is 27.5. The Hall–Kier alpha value is -3.88. The molecule has 4 aromatic rings. The Morgan fingerprint density at radius 2 is 1.87 bits per heavy atom. The van der Waals surface area contributed by atoms with Crippen LogP contribution in [0.3, 0.4) is 0 Å². The average Bonchev–Trinajstić information content (AvgIpc) is 3.60. The largest absolute Gasteiger partial charge is 0.573 e. The molecule has 11 nitrogen and oxygen atoms in total. The number of aromatic amines is 1. The summed E-state index contributed by atoms with van der Waals surface area (Å²) in [6.45, 7) is 2.36. The lowest BCUT2D eigenvalue weighted by molar-refractivity contribution is -0.274. The molecule has 0 spiro atoms. The minimum absolute atomic E-state index is 0.0296. The fourth-order valence-electron chi connectivity index (χ4n) is 3.77. The molecule has 210 valence electrons. The van der Waals surface area contributed by atoms with Crippen LogP contribution in [0.1, 0.15) is 18.4 Å². The van der Waals surface area contributed by atoms with E-state index in [2.05, 4.69) is 35.7 Å². The summed E-state index contributed by atoms with van der Waals surface area (Å²) in [6.07, 6.45) is 1.66. The third-order valence-corrected chi connectivity index (χ3v) is 5.47. The second-order valence-corrected chi connectivity index (χ2v) is 8.46. The van der Waals surface area contributed by atoms with Crippen LogP contribution in [0.2, 0.25) is 0 Å². The summed E-state index contributed by atoms with van der Waals surface area (Å²) in [5.41, 5.74) is 3.56. The average molecular weight is 551 g/mol. The van der Waals surface area contributed by atoms with E-state index in [1.54, 1.807) is 18.5 Å². The molecule has 14 heteroatoms. The van der Waals surface area contributed by atoms with Crippen LogP contribution < -0.4 is 20.1 Å². The minimum atomic E-state index is -4.80. The standard InChI is InChI=1S/C25H29F3N6O5/c26-25(27,28)39-20-10-17(9-19(11-20)37-8-5-35)13-29-3-1-2-6-36-7-4-30-23-12-22(18-14-32-38-16-18)33-24-21(23)15-31-34-24/h9-12,14-16,29,35H,1-8,13H2,(H2,30,31,33,34). The van der Waals surface area contributed by atoms with Gasteiger partial charge >= 0.3 is 6.36 Å². The highest BCUT2D eigenvalue weighted by Gasteiger charge is 2.31. The van der Waals surface area contributed by atoms with Crippen molar-refractivity contribution in [1.82, 2.24) is 25.7 Å². The normalized spacial score (nSPS) is 11.7. The predicted octanol–water partition coefficient (Wildman–Crippen LogP) is 3.88. The Kier molecular flexibility index (Phi) is 9.94. The van der Waals surface area contributed by atoms with Crippen molar-refractivity contribution in [3.8, 4) is 22.8 Å². The quantitative estimate of drug-likeness (QED) is 0.152. The van der Waals surface area contributed by atoms with Crippen LogP contribution in [0, 0.1) is 0 Å². The van der Waals surface area contributed by atoms with Gasteiger partial charge in [0.25, 0.3) is 0 Å². The molecule has 0 bridgehead atoms. The monoisotopic (exact) mass is 550 g/mol. The molecule has 4 rings (SSSR count). The van der Waals surface area contributed by atoms with Crippen molar-refractivity contribution in [2.45, 2.75) is 25.7 Å². The molecule has 0 aliphatic carbocycles. The van der Waals surface area contributed by atoms with Gasteiger partial charge in [0.15, 0.2) is 5.65 Å². The number of fused-ring (bicyclic) bond motifs is 1. The Balaban J connectivity index is 1.14. The number of nitrogens with one attached hydrogen (secondary N) is 3. The lowest BCUT2D eigenvalue weighted by Gasteiger charge is -2.13. The molecular formula is C25H29F3N6O5. The van der Waals surface area contributed by atoms with Gasteiger partial charge in [0.05, 0.1) is 42.3 Å². The first kappa shape index (κ1) is 28.1. The van der Waals surface area contributed by atoms with Crippen LogP contribution in [0.15, 0.2) is 47.4 Å². The van der Waals surface area contributed by atoms with E-state index in [1.807, 2.05) is 6.07 Å². The van der Waals surface area contributed by atoms with E-state index in [9.17, 15) is 13.2 Å². The van der Waals surface area contributed by atoms with Crippen LogP contribution >= 0.6 is 0 Å². The van der Waals surface area contributed by atoms with E-state index in [0.717, 1.165) is 35.5 Å². The van der Waals surface area contributed by atoms with Gasteiger partial charge in [-0.2, -0.15) is 5.10 Å². The topological polar surface area (TPSA) is 140 Å². The van der Waals surface area contributed by atoms with Crippen molar-refractivity contribution in [3.63, 3.8) is 0 Å². The number of alkyl halides is 3. The second kappa shape index (κ2) is 13.8. The number of unbranched alkanes of at least 4 members (excludes halogenated alkanes) is 1. The van der Waals surface area contributed by atoms with Gasteiger partial charge in [0.1, 0.15) is 24.4 Å². The minimum Gasteiger partial charge on any atom is -0.491 e. The SMILES string of the molecule is OCCOc1cc(CNCCCCOCCNc2cc(-c3cnoc3)nc3[nH]ncc23)cc(OC(F)(F)F)c1. The molecule has 0 amide bonds. The molecular weight excluding hydrogens is 521 g/mol. The molecule has 0 aliphatic rings. The van der Waals surface area contributed by atoms with Gasteiger partial charge < -0.3 is 34.5 Å². The number of benzene rings is 1. The van der Waals surface area contributed by atoms with E-state index in [1.165, 1.54) is 12.3 Å². The zero-order valence-corrected chi connectivity index (χ0v) is 21.0. The maximum atomic E-state index is 12.6. The molecule has 0 atom stereocenters. The molecule has 0 fully saturated rings. The van der Waals surface area contributed by atoms with E-state index in [4.69, 9.17) is 19.1 Å².